The monoisotopic (exact) mass is 411 g/mol. The molecule has 4 heterocycles. The molecule has 0 bridgehead atoms. The fourth-order valence-electron chi connectivity index (χ4n) is 3.64. The third-order valence-electron chi connectivity index (χ3n) is 5.18. The SMILES string of the molecule is O=C(CN(Cc1cccs1)C1CC1)N1N=C(c2ccco2)CC1c1cccs1. The van der Waals surface area contributed by atoms with Crippen LogP contribution in [0.1, 0.15) is 40.8 Å². The molecule has 3 aromatic heterocycles. The molecule has 1 aliphatic carbocycles. The molecule has 0 radical (unpaired) electrons. The summed E-state index contributed by atoms with van der Waals surface area (Å²) in [7, 11) is 0. The van der Waals surface area contributed by atoms with Gasteiger partial charge in [-0.25, -0.2) is 5.01 Å². The first-order valence-corrected chi connectivity index (χ1v) is 11.3. The van der Waals surface area contributed by atoms with E-state index >= 15 is 0 Å². The van der Waals surface area contributed by atoms with Crippen molar-refractivity contribution < 1.29 is 9.21 Å². The maximum absolute atomic E-state index is 13.3. The third kappa shape index (κ3) is 3.70. The van der Waals surface area contributed by atoms with Crippen LogP contribution in [-0.2, 0) is 11.3 Å². The Morgan fingerprint density at radius 1 is 1.18 bits per heavy atom. The zero-order valence-electron chi connectivity index (χ0n) is 15.4. The largest absolute Gasteiger partial charge is 0.463 e. The zero-order valence-corrected chi connectivity index (χ0v) is 17.0. The molecule has 1 unspecified atom stereocenters. The number of carbonyl (C=O) groups is 1. The average Bonchev–Trinajstić information content (AvgIpc) is 3.24. The third-order valence-corrected chi connectivity index (χ3v) is 7.02. The molecule has 0 spiro atoms. The second-order valence-corrected chi connectivity index (χ2v) is 9.22. The van der Waals surface area contributed by atoms with Crippen LogP contribution in [0.5, 0.6) is 0 Å². The van der Waals surface area contributed by atoms with Crippen molar-refractivity contribution in [2.24, 2.45) is 5.10 Å². The van der Waals surface area contributed by atoms with Crippen LogP contribution in [0, 0.1) is 0 Å². The molecule has 1 aliphatic heterocycles. The Morgan fingerprint density at radius 2 is 2.04 bits per heavy atom. The van der Waals surface area contributed by atoms with E-state index in [1.54, 1.807) is 33.9 Å². The minimum atomic E-state index is -0.0459. The highest BCUT2D eigenvalue weighted by Gasteiger charge is 2.37. The van der Waals surface area contributed by atoms with E-state index < -0.39 is 0 Å². The number of nitrogens with zero attached hydrogens (tertiary/aromatic N) is 3. The highest BCUT2D eigenvalue weighted by molar-refractivity contribution is 7.10. The number of hydrazone groups is 1. The van der Waals surface area contributed by atoms with E-state index in [0.717, 1.165) is 22.9 Å². The van der Waals surface area contributed by atoms with Gasteiger partial charge < -0.3 is 4.42 Å². The molecule has 0 N–H and O–H groups in total. The molecule has 0 aromatic carbocycles. The summed E-state index contributed by atoms with van der Waals surface area (Å²) in [4.78, 5) is 18.1. The lowest BCUT2D eigenvalue weighted by molar-refractivity contribution is -0.134. The van der Waals surface area contributed by atoms with Gasteiger partial charge >= 0.3 is 0 Å². The standard InChI is InChI=1S/C21H21N3O2S2/c25-21(14-23(15-7-8-15)13-16-4-2-10-27-16)24-18(20-6-3-11-28-20)12-17(22-24)19-5-1-9-26-19/h1-6,9-11,15,18H,7-8,12-14H2. The van der Waals surface area contributed by atoms with Crippen molar-refractivity contribution >= 4 is 34.3 Å². The first-order chi connectivity index (χ1) is 13.8. The van der Waals surface area contributed by atoms with Crippen LogP contribution in [0.2, 0.25) is 0 Å². The quantitative estimate of drug-likeness (QED) is 0.564. The Bertz CT molecular complexity index is 944. The summed E-state index contributed by atoms with van der Waals surface area (Å²) in [6.07, 6.45) is 4.69. The van der Waals surface area contributed by atoms with E-state index in [1.165, 1.54) is 17.7 Å². The summed E-state index contributed by atoms with van der Waals surface area (Å²) in [5, 5.41) is 10.5. The Balaban J connectivity index is 1.37. The molecule has 1 atom stereocenters. The van der Waals surface area contributed by atoms with E-state index in [1.807, 2.05) is 18.2 Å². The van der Waals surface area contributed by atoms with Crippen molar-refractivity contribution in [1.82, 2.24) is 9.91 Å². The van der Waals surface area contributed by atoms with Gasteiger partial charge in [0.25, 0.3) is 5.91 Å². The fraction of sp³-hybridized carbons (Fsp3) is 0.333. The van der Waals surface area contributed by atoms with E-state index in [0.29, 0.717) is 19.0 Å². The van der Waals surface area contributed by atoms with E-state index in [2.05, 4.69) is 39.0 Å². The van der Waals surface area contributed by atoms with Crippen LogP contribution < -0.4 is 0 Å². The molecular formula is C21H21N3O2S2. The highest BCUT2D eigenvalue weighted by atomic mass is 32.1. The maximum atomic E-state index is 13.3. The van der Waals surface area contributed by atoms with Gasteiger partial charge in [0.1, 0.15) is 11.5 Å². The van der Waals surface area contributed by atoms with E-state index in [9.17, 15) is 4.79 Å². The highest BCUT2D eigenvalue weighted by Crippen LogP contribution is 2.36. The van der Waals surface area contributed by atoms with Crippen molar-refractivity contribution in [3.05, 3.63) is 68.9 Å². The lowest BCUT2D eigenvalue weighted by Gasteiger charge is -2.26. The van der Waals surface area contributed by atoms with Gasteiger partial charge in [0, 0.05) is 28.8 Å². The van der Waals surface area contributed by atoms with Crippen LogP contribution in [0.15, 0.2) is 62.9 Å². The number of hydrogen-bond donors (Lipinski definition) is 0. The zero-order chi connectivity index (χ0) is 18.9. The molecule has 2 aliphatic rings. The van der Waals surface area contributed by atoms with Gasteiger partial charge in [-0.3, -0.25) is 9.69 Å². The van der Waals surface area contributed by atoms with E-state index in [4.69, 9.17) is 4.42 Å². The summed E-state index contributed by atoms with van der Waals surface area (Å²) in [5.74, 6) is 0.804. The average molecular weight is 412 g/mol. The van der Waals surface area contributed by atoms with Crippen LogP contribution in [0.3, 0.4) is 0 Å². The summed E-state index contributed by atoms with van der Waals surface area (Å²) in [6, 6.07) is 12.6. The van der Waals surface area contributed by atoms with Gasteiger partial charge in [-0.15, -0.1) is 22.7 Å². The molecule has 3 aromatic rings. The lowest BCUT2D eigenvalue weighted by Crippen LogP contribution is -2.38. The van der Waals surface area contributed by atoms with Gasteiger partial charge in [0.2, 0.25) is 0 Å². The van der Waals surface area contributed by atoms with Crippen LogP contribution in [0.4, 0.5) is 0 Å². The predicted octanol–water partition coefficient (Wildman–Crippen LogP) is 4.74. The molecule has 1 saturated carbocycles. The minimum Gasteiger partial charge on any atom is -0.463 e. The topological polar surface area (TPSA) is 49.1 Å². The Morgan fingerprint density at radius 3 is 2.71 bits per heavy atom. The maximum Gasteiger partial charge on any atom is 0.257 e. The normalized spacial score (nSPS) is 19.4. The summed E-state index contributed by atoms with van der Waals surface area (Å²) in [6.45, 7) is 1.24. The molecule has 5 nitrogen and oxygen atoms in total. The van der Waals surface area contributed by atoms with Gasteiger partial charge in [-0.1, -0.05) is 12.1 Å². The second-order valence-electron chi connectivity index (χ2n) is 7.21. The second kappa shape index (κ2) is 7.66. The number of rotatable bonds is 7. The van der Waals surface area contributed by atoms with Crippen LogP contribution >= 0.6 is 22.7 Å². The number of thiophene rings is 2. The number of carbonyl (C=O) groups excluding carboxylic acids is 1. The van der Waals surface area contributed by atoms with Crippen molar-refractivity contribution in [2.45, 2.75) is 37.9 Å². The van der Waals surface area contributed by atoms with Crippen LogP contribution in [-0.4, -0.2) is 34.1 Å². The van der Waals surface area contributed by atoms with Crippen molar-refractivity contribution in [3.8, 4) is 0 Å². The van der Waals surface area contributed by atoms with Crippen molar-refractivity contribution in [2.75, 3.05) is 6.54 Å². The Kier molecular flexibility index (Phi) is 4.88. The van der Waals surface area contributed by atoms with Gasteiger partial charge in [0.15, 0.2) is 0 Å². The van der Waals surface area contributed by atoms with Gasteiger partial charge in [-0.2, -0.15) is 5.10 Å². The summed E-state index contributed by atoms with van der Waals surface area (Å²) >= 11 is 3.42. The number of amides is 1. The Labute approximate surface area is 171 Å². The predicted molar refractivity (Wildman–Crippen MR) is 112 cm³/mol. The van der Waals surface area contributed by atoms with Gasteiger partial charge in [-0.05, 0) is 47.9 Å². The minimum absolute atomic E-state index is 0.0459. The smallest absolute Gasteiger partial charge is 0.257 e. The fourth-order valence-corrected chi connectivity index (χ4v) is 5.18. The number of furan rings is 1. The number of hydrogen-bond acceptors (Lipinski definition) is 6. The van der Waals surface area contributed by atoms with Crippen molar-refractivity contribution in [1.29, 1.82) is 0 Å². The first kappa shape index (κ1) is 17.8. The molecule has 28 heavy (non-hydrogen) atoms. The first-order valence-electron chi connectivity index (χ1n) is 9.51. The Hall–Kier alpha value is -2.22. The molecule has 144 valence electrons. The van der Waals surface area contributed by atoms with Gasteiger partial charge in [0.05, 0.1) is 18.8 Å². The molecule has 5 rings (SSSR count). The lowest BCUT2D eigenvalue weighted by atomic mass is 10.1. The van der Waals surface area contributed by atoms with Crippen LogP contribution in [0.25, 0.3) is 0 Å². The molecular weight excluding hydrogens is 390 g/mol. The molecule has 0 saturated heterocycles. The summed E-state index contributed by atoms with van der Waals surface area (Å²) < 4.78 is 5.54. The molecule has 7 heteroatoms. The summed E-state index contributed by atoms with van der Waals surface area (Å²) in [5.41, 5.74) is 0.841. The van der Waals surface area contributed by atoms with E-state index in [-0.39, 0.29) is 11.9 Å². The molecule has 1 amide bonds. The van der Waals surface area contributed by atoms with Crippen molar-refractivity contribution in [3.63, 3.8) is 0 Å². The molecule has 1 fully saturated rings.